The van der Waals surface area contributed by atoms with Crippen LogP contribution in [0.4, 0.5) is 0 Å². The van der Waals surface area contributed by atoms with Crippen LogP contribution < -0.4 is 11.1 Å². The van der Waals surface area contributed by atoms with E-state index in [1.165, 1.54) is 4.68 Å². The second-order valence-corrected chi connectivity index (χ2v) is 7.49. The van der Waals surface area contributed by atoms with Crippen molar-refractivity contribution < 1.29 is 0 Å². The highest BCUT2D eigenvalue weighted by Gasteiger charge is 2.22. The average molecular weight is 355 g/mol. The second-order valence-electron chi connectivity index (χ2n) is 7.49. The SMILES string of the molecule is Cn1nccc(CN2CCC(Cn3nc4c(cc3=O)CCC4)CC2)c1=O. The van der Waals surface area contributed by atoms with Crippen LogP contribution in [0.25, 0.3) is 0 Å². The molecule has 138 valence electrons. The topological polar surface area (TPSA) is 73.0 Å². The molecular formula is C19H25N5O2. The number of hydrogen-bond donors (Lipinski definition) is 0. The molecule has 0 amide bonds. The molecule has 1 saturated heterocycles. The first-order valence-corrected chi connectivity index (χ1v) is 9.43. The Kier molecular flexibility index (Phi) is 4.72. The summed E-state index contributed by atoms with van der Waals surface area (Å²) < 4.78 is 3.05. The van der Waals surface area contributed by atoms with Gasteiger partial charge in [0.1, 0.15) is 0 Å². The predicted octanol–water partition coefficient (Wildman–Crippen LogP) is 0.738. The quantitative estimate of drug-likeness (QED) is 0.809. The van der Waals surface area contributed by atoms with Gasteiger partial charge in [-0.1, -0.05) is 0 Å². The van der Waals surface area contributed by atoms with E-state index in [4.69, 9.17) is 0 Å². The fourth-order valence-corrected chi connectivity index (χ4v) is 4.06. The minimum absolute atomic E-state index is 0.0245. The maximum atomic E-state index is 12.3. The van der Waals surface area contributed by atoms with Crippen molar-refractivity contribution in [1.29, 1.82) is 0 Å². The summed E-state index contributed by atoms with van der Waals surface area (Å²) in [6, 6.07) is 3.59. The van der Waals surface area contributed by atoms with Gasteiger partial charge in [0.2, 0.25) is 0 Å². The summed E-state index contributed by atoms with van der Waals surface area (Å²) >= 11 is 0. The monoisotopic (exact) mass is 355 g/mol. The summed E-state index contributed by atoms with van der Waals surface area (Å²) in [6.07, 6.45) is 6.82. The Morgan fingerprint density at radius 2 is 2.00 bits per heavy atom. The molecule has 3 heterocycles. The highest BCUT2D eigenvalue weighted by molar-refractivity contribution is 5.22. The number of hydrogen-bond acceptors (Lipinski definition) is 5. The largest absolute Gasteiger partial charge is 0.299 e. The molecule has 0 saturated carbocycles. The van der Waals surface area contributed by atoms with Crippen molar-refractivity contribution in [3.8, 4) is 0 Å². The molecule has 1 aliphatic carbocycles. The number of nitrogens with zero attached hydrogens (tertiary/aromatic N) is 5. The van der Waals surface area contributed by atoms with Crippen LogP contribution >= 0.6 is 0 Å². The molecule has 2 aromatic heterocycles. The van der Waals surface area contributed by atoms with E-state index in [-0.39, 0.29) is 11.1 Å². The number of likely N-dealkylation sites (tertiary alicyclic amines) is 1. The van der Waals surface area contributed by atoms with Crippen LogP contribution in [0.5, 0.6) is 0 Å². The fourth-order valence-electron chi connectivity index (χ4n) is 4.06. The third-order valence-corrected chi connectivity index (χ3v) is 5.64. The van der Waals surface area contributed by atoms with Crippen molar-refractivity contribution in [3.63, 3.8) is 0 Å². The van der Waals surface area contributed by atoms with Crippen molar-refractivity contribution >= 4 is 0 Å². The van der Waals surface area contributed by atoms with Gasteiger partial charge in [-0.2, -0.15) is 10.2 Å². The van der Waals surface area contributed by atoms with E-state index in [0.717, 1.165) is 62.0 Å². The molecule has 0 N–H and O–H groups in total. The van der Waals surface area contributed by atoms with E-state index in [9.17, 15) is 9.59 Å². The zero-order valence-corrected chi connectivity index (χ0v) is 15.2. The molecule has 7 heteroatoms. The molecule has 0 unspecified atom stereocenters. The van der Waals surface area contributed by atoms with Gasteiger partial charge in [0.15, 0.2) is 0 Å². The van der Waals surface area contributed by atoms with E-state index in [1.54, 1.807) is 24.0 Å². The third-order valence-electron chi connectivity index (χ3n) is 5.64. The normalized spacial score (nSPS) is 18.2. The van der Waals surface area contributed by atoms with Crippen molar-refractivity contribution in [2.45, 2.75) is 45.2 Å². The number of fused-ring (bicyclic) bond motifs is 1. The Morgan fingerprint density at radius 1 is 1.19 bits per heavy atom. The number of aromatic nitrogens is 4. The first-order chi connectivity index (χ1) is 12.6. The van der Waals surface area contributed by atoms with Crippen molar-refractivity contribution in [3.05, 3.63) is 55.9 Å². The van der Waals surface area contributed by atoms with E-state index in [2.05, 4.69) is 15.1 Å². The molecule has 0 bridgehead atoms. The highest BCUT2D eigenvalue weighted by Crippen LogP contribution is 2.21. The Balaban J connectivity index is 1.36. The van der Waals surface area contributed by atoms with Crippen LogP contribution in [0, 0.1) is 5.92 Å². The molecular weight excluding hydrogens is 330 g/mol. The van der Waals surface area contributed by atoms with Crippen molar-refractivity contribution in [1.82, 2.24) is 24.5 Å². The Labute approximate surface area is 152 Å². The van der Waals surface area contributed by atoms with E-state index >= 15 is 0 Å². The van der Waals surface area contributed by atoms with Crippen molar-refractivity contribution in [2.75, 3.05) is 13.1 Å². The Morgan fingerprint density at radius 3 is 2.81 bits per heavy atom. The molecule has 7 nitrogen and oxygen atoms in total. The average Bonchev–Trinajstić information content (AvgIpc) is 3.08. The summed E-state index contributed by atoms with van der Waals surface area (Å²) in [5, 5.41) is 8.57. The summed E-state index contributed by atoms with van der Waals surface area (Å²) in [5.74, 6) is 0.469. The van der Waals surface area contributed by atoms with Crippen LogP contribution in [0.1, 0.15) is 36.1 Å². The smallest absolute Gasteiger partial charge is 0.270 e. The second kappa shape index (κ2) is 7.15. The maximum Gasteiger partial charge on any atom is 0.270 e. The number of piperidine rings is 1. The summed E-state index contributed by atoms with van der Waals surface area (Å²) in [5.41, 5.74) is 3.05. The predicted molar refractivity (Wildman–Crippen MR) is 98.0 cm³/mol. The molecule has 4 rings (SSSR count). The highest BCUT2D eigenvalue weighted by atomic mass is 16.1. The van der Waals surface area contributed by atoms with Gasteiger partial charge < -0.3 is 0 Å². The Bertz CT molecular complexity index is 909. The summed E-state index contributed by atoms with van der Waals surface area (Å²) in [7, 11) is 1.68. The first kappa shape index (κ1) is 17.1. The van der Waals surface area contributed by atoms with Crippen LogP contribution in [-0.4, -0.2) is 37.6 Å². The summed E-state index contributed by atoms with van der Waals surface area (Å²) in [6.45, 7) is 3.25. The minimum Gasteiger partial charge on any atom is -0.299 e. The molecule has 0 aromatic carbocycles. The molecule has 1 fully saturated rings. The molecule has 2 aromatic rings. The van der Waals surface area contributed by atoms with Gasteiger partial charge in [0.25, 0.3) is 11.1 Å². The van der Waals surface area contributed by atoms with Gasteiger partial charge in [0.05, 0.1) is 5.69 Å². The molecule has 26 heavy (non-hydrogen) atoms. The van der Waals surface area contributed by atoms with E-state index in [1.807, 2.05) is 6.07 Å². The van der Waals surface area contributed by atoms with Gasteiger partial charge in [-0.05, 0) is 62.7 Å². The van der Waals surface area contributed by atoms with Gasteiger partial charge in [-0.3, -0.25) is 14.5 Å². The minimum atomic E-state index is -0.0245. The molecule has 0 radical (unpaired) electrons. The first-order valence-electron chi connectivity index (χ1n) is 9.43. The molecule has 0 spiro atoms. The van der Waals surface area contributed by atoms with Crippen LogP contribution in [0.3, 0.4) is 0 Å². The molecule has 0 atom stereocenters. The van der Waals surface area contributed by atoms with E-state index < -0.39 is 0 Å². The molecule has 1 aliphatic heterocycles. The zero-order chi connectivity index (χ0) is 18.1. The van der Waals surface area contributed by atoms with Gasteiger partial charge in [-0.15, -0.1) is 0 Å². The summed E-state index contributed by atoms with van der Waals surface area (Å²) in [4.78, 5) is 26.7. The Hall–Kier alpha value is -2.28. The fraction of sp³-hybridized carbons (Fsp3) is 0.579. The lowest BCUT2D eigenvalue weighted by Crippen LogP contribution is -2.38. The van der Waals surface area contributed by atoms with Crippen LogP contribution in [0.15, 0.2) is 27.9 Å². The van der Waals surface area contributed by atoms with Gasteiger partial charge in [-0.25, -0.2) is 9.36 Å². The lowest BCUT2D eigenvalue weighted by molar-refractivity contribution is 0.162. The standard InChI is InChI=1S/C19H25N5O2/c1-22-19(26)16(5-8-20-22)13-23-9-6-14(7-10-23)12-24-18(25)11-15-3-2-4-17(15)21-24/h5,8,11,14H,2-4,6-7,9-10,12-13H2,1H3. The van der Waals surface area contributed by atoms with Crippen LogP contribution in [-0.2, 0) is 33.0 Å². The lowest BCUT2D eigenvalue weighted by atomic mass is 9.96. The number of rotatable bonds is 4. The zero-order valence-electron chi connectivity index (χ0n) is 15.2. The van der Waals surface area contributed by atoms with Gasteiger partial charge >= 0.3 is 0 Å². The number of aryl methyl sites for hydroxylation is 3. The third kappa shape index (κ3) is 3.49. The van der Waals surface area contributed by atoms with Crippen molar-refractivity contribution in [2.24, 2.45) is 13.0 Å². The van der Waals surface area contributed by atoms with Gasteiger partial charge in [0, 0.05) is 38.0 Å². The maximum absolute atomic E-state index is 12.3. The lowest BCUT2D eigenvalue weighted by Gasteiger charge is -2.31. The molecule has 2 aliphatic rings. The van der Waals surface area contributed by atoms with Crippen LogP contribution in [0.2, 0.25) is 0 Å². The van der Waals surface area contributed by atoms with E-state index in [0.29, 0.717) is 19.0 Å².